The molecule has 1 saturated heterocycles. The first-order chi connectivity index (χ1) is 13.4. The fourth-order valence-electron chi connectivity index (χ4n) is 4.24. The van der Waals surface area contributed by atoms with E-state index < -0.39 is 11.7 Å². The number of nitrogens with zero attached hydrogens (tertiary/aromatic N) is 2. The first kappa shape index (κ1) is 18.7. The Morgan fingerprint density at radius 2 is 1.75 bits per heavy atom. The normalized spacial score (nSPS) is 21.7. The third kappa shape index (κ3) is 3.30. The lowest BCUT2D eigenvalue weighted by molar-refractivity contribution is -0.146. The van der Waals surface area contributed by atoms with Gasteiger partial charge in [-0.15, -0.1) is 0 Å². The first-order valence-corrected chi connectivity index (χ1v) is 9.27. The van der Waals surface area contributed by atoms with Gasteiger partial charge in [0.2, 0.25) is 0 Å². The molecule has 2 heterocycles. The Balaban J connectivity index is 1.67. The van der Waals surface area contributed by atoms with E-state index in [9.17, 15) is 18.0 Å². The second-order valence-electron chi connectivity index (χ2n) is 7.24. The van der Waals surface area contributed by atoms with Crippen molar-refractivity contribution in [2.75, 3.05) is 30.0 Å². The van der Waals surface area contributed by atoms with Crippen LogP contribution in [0.5, 0.6) is 0 Å². The number of benzene rings is 2. The fourth-order valence-corrected chi connectivity index (χ4v) is 4.24. The lowest BCUT2D eigenvalue weighted by Gasteiger charge is -2.48. The average molecular weight is 390 g/mol. The highest BCUT2D eigenvalue weighted by Gasteiger charge is 2.38. The molecule has 0 saturated carbocycles. The maximum absolute atomic E-state index is 12.9. The molecular weight excluding hydrogens is 369 g/mol. The lowest BCUT2D eigenvalue weighted by atomic mass is 9.88. The van der Waals surface area contributed by atoms with Gasteiger partial charge in [-0.1, -0.05) is 12.1 Å². The first-order valence-electron chi connectivity index (χ1n) is 9.27. The Morgan fingerprint density at radius 3 is 2.39 bits per heavy atom. The standard InChI is InChI=1S/C21H21F3N2O2/c1-28-20(27)14-10-11-25-17(12-14)13-26(19-5-3-2-4-18(19)25)16-8-6-15(7-9-16)21(22,23)24/h2-9,14,17H,10-13H2,1H3. The van der Waals surface area contributed by atoms with E-state index in [1.807, 2.05) is 29.2 Å². The number of rotatable bonds is 2. The molecule has 0 amide bonds. The van der Waals surface area contributed by atoms with E-state index in [4.69, 9.17) is 4.74 Å². The van der Waals surface area contributed by atoms with Gasteiger partial charge in [-0.3, -0.25) is 4.79 Å². The van der Waals surface area contributed by atoms with Gasteiger partial charge in [0, 0.05) is 24.8 Å². The topological polar surface area (TPSA) is 32.8 Å². The van der Waals surface area contributed by atoms with Crippen LogP contribution in [0.3, 0.4) is 0 Å². The number of carbonyl (C=O) groups is 1. The van der Waals surface area contributed by atoms with Crippen LogP contribution < -0.4 is 9.80 Å². The minimum Gasteiger partial charge on any atom is -0.469 e. The van der Waals surface area contributed by atoms with Gasteiger partial charge in [0.1, 0.15) is 0 Å². The number of hydrogen-bond acceptors (Lipinski definition) is 4. The van der Waals surface area contributed by atoms with Gasteiger partial charge in [0.25, 0.3) is 0 Å². The Hall–Kier alpha value is -2.70. The molecule has 148 valence electrons. The lowest BCUT2D eigenvalue weighted by Crippen LogP contribution is -2.52. The molecule has 2 unspecified atom stereocenters. The van der Waals surface area contributed by atoms with Gasteiger partial charge in [-0.2, -0.15) is 13.2 Å². The van der Waals surface area contributed by atoms with Gasteiger partial charge in [0.05, 0.1) is 30.0 Å². The average Bonchev–Trinajstić information content (AvgIpc) is 2.71. The summed E-state index contributed by atoms with van der Waals surface area (Å²) in [6.45, 7) is 1.36. The number of piperidine rings is 1. The van der Waals surface area contributed by atoms with Gasteiger partial charge in [-0.25, -0.2) is 0 Å². The molecule has 0 bridgehead atoms. The quantitative estimate of drug-likeness (QED) is 0.701. The van der Waals surface area contributed by atoms with E-state index in [1.165, 1.54) is 19.2 Å². The van der Waals surface area contributed by atoms with Crippen LogP contribution in [0.25, 0.3) is 0 Å². The maximum Gasteiger partial charge on any atom is 0.416 e. The minimum absolute atomic E-state index is 0.0926. The maximum atomic E-state index is 12.9. The zero-order chi connectivity index (χ0) is 19.9. The summed E-state index contributed by atoms with van der Waals surface area (Å²) >= 11 is 0. The van der Waals surface area contributed by atoms with Crippen molar-refractivity contribution < 1.29 is 22.7 Å². The molecule has 2 aliphatic rings. The van der Waals surface area contributed by atoms with Crippen LogP contribution in [0.2, 0.25) is 0 Å². The van der Waals surface area contributed by atoms with Crippen LogP contribution in [-0.4, -0.2) is 32.2 Å². The molecule has 0 aromatic heterocycles. The summed E-state index contributed by atoms with van der Waals surface area (Å²) in [5.41, 5.74) is 2.06. The predicted octanol–water partition coefficient (Wildman–Crippen LogP) is 4.62. The molecule has 28 heavy (non-hydrogen) atoms. The minimum atomic E-state index is -4.35. The predicted molar refractivity (Wildman–Crippen MR) is 101 cm³/mol. The molecule has 0 aliphatic carbocycles. The van der Waals surface area contributed by atoms with E-state index >= 15 is 0 Å². The van der Waals surface area contributed by atoms with Gasteiger partial charge >= 0.3 is 12.1 Å². The highest BCUT2D eigenvalue weighted by molar-refractivity contribution is 5.81. The number of alkyl halides is 3. The van der Waals surface area contributed by atoms with Crippen molar-refractivity contribution in [3.8, 4) is 0 Å². The number of hydrogen-bond donors (Lipinski definition) is 0. The number of methoxy groups -OCH3 is 1. The van der Waals surface area contributed by atoms with E-state index in [2.05, 4.69) is 4.90 Å². The summed E-state index contributed by atoms with van der Waals surface area (Å²) in [6, 6.07) is 13.2. The summed E-state index contributed by atoms with van der Waals surface area (Å²) in [5.74, 6) is -0.342. The fraction of sp³-hybridized carbons (Fsp3) is 0.381. The number of esters is 1. The Morgan fingerprint density at radius 1 is 1.07 bits per heavy atom. The molecule has 0 N–H and O–H groups in total. The van der Waals surface area contributed by atoms with E-state index in [-0.39, 0.29) is 17.9 Å². The molecular formula is C21H21F3N2O2. The van der Waals surface area contributed by atoms with Crippen molar-refractivity contribution >= 4 is 23.0 Å². The summed E-state index contributed by atoms with van der Waals surface area (Å²) in [5, 5.41) is 0. The van der Waals surface area contributed by atoms with Crippen molar-refractivity contribution in [1.82, 2.24) is 0 Å². The monoisotopic (exact) mass is 390 g/mol. The highest BCUT2D eigenvalue weighted by Crippen LogP contribution is 2.43. The van der Waals surface area contributed by atoms with Crippen LogP contribution in [0.15, 0.2) is 48.5 Å². The Bertz CT molecular complexity index is 867. The number of carbonyl (C=O) groups excluding carboxylic acids is 1. The van der Waals surface area contributed by atoms with Crippen LogP contribution in [0, 0.1) is 5.92 Å². The highest BCUT2D eigenvalue weighted by atomic mass is 19.4. The smallest absolute Gasteiger partial charge is 0.416 e. The van der Waals surface area contributed by atoms with Gasteiger partial charge in [-0.05, 0) is 49.2 Å². The van der Waals surface area contributed by atoms with Crippen molar-refractivity contribution in [2.24, 2.45) is 5.92 Å². The van der Waals surface area contributed by atoms with Crippen molar-refractivity contribution in [3.05, 3.63) is 54.1 Å². The SMILES string of the molecule is COC(=O)C1CCN2c3ccccc3N(c3ccc(C(F)(F)F)cc3)CC2C1. The van der Waals surface area contributed by atoms with Crippen LogP contribution in [-0.2, 0) is 15.7 Å². The zero-order valence-electron chi connectivity index (χ0n) is 15.4. The molecule has 2 atom stereocenters. The largest absolute Gasteiger partial charge is 0.469 e. The van der Waals surface area contributed by atoms with Crippen LogP contribution in [0.4, 0.5) is 30.2 Å². The molecule has 4 rings (SSSR count). The molecule has 2 aliphatic heterocycles. The molecule has 7 heteroatoms. The Labute approximate surface area is 161 Å². The number of halogens is 3. The number of anilines is 3. The van der Waals surface area contributed by atoms with Crippen molar-refractivity contribution in [3.63, 3.8) is 0 Å². The number of ether oxygens (including phenoxy) is 1. The summed E-state index contributed by atoms with van der Waals surface area (Å²) in [7, 11) is 1.40. The van der Waals surface area contributed by atoms with Crippen molar-refractivity contribution in [2.45, 2.75) is 25.1 Å². The molecule has 2 aromatic carbocycles. The summed E-state index contributed by atoms with van der Waals surface area (Å²) < 4.78 is 43.6. The second kappa shape index (κ2) is 7.04. The third-order valence-electron chi connectivity index (χ3n) is 5.63. The molecule has 0 radical (unpaired) electrons. The molecule has 0 spiro atoms. The molecule has 4 nitrogen and oxygen atoms in total. The van der Waals surface area contributed by atoms with E-state index in [1.54, 1.807) is 0 Å². The van der Waals surface area contributed by atoms with Crippen LogP contribution >= 0.6 is 0 Å². The van der Waals surface area contributed by atoms with Gasteiger partial charge in [0.15, 0.2) is 0 Å². The second-order valence-corrected chi connectivity index (χ2v) is 7.24. The molecule has 2 aromatic rings. The van der Waals surface area contributed by atoms with E-state index in [0.29, 0.717) is 18.7 Å². The summed E-state index contributed by atoms with van der Waals surface area (Å²) in [6.07, 6.45) is -2.96. The zero-order valence-corrected chi connectivity index (χ0v) is 15.4. The van der Waals surface area contributed by atoms with E-state index in [0.717, 1.165) is 36.5 Å². The van der Waals surface area contributed by atoms with Crippen LogP contribution in [0.1, 0.15) is 18.4 Å². The summed E-state index contributed by atoms with van der Waals surface area (Å²) in [4.78, 5) is 16.3. The molecule has 1 fully saturated rings. The van der Waals surface area contributed by atoms with Gasteiger partial charge < -0.3 is 14.5 Å². The number of fused-ring (bicyclic) bond motifs is 3. The number of para-hydroxylation sites is 2. The van der Waals surface area contributed by atoms with Crippen molar-refractivity contribution in [1.29, 1.82) is 0 Å². The Kier molecular flexibility index (Phi) is 4.69. The third-order valence-corrected chi connectivity index (χ3v) is 5.63.